The lowest BCUT2D eigenvalue weighted by atomic mass is 10.2. The summed E-state index contributed by atoms with van der Waals surface area (Å²) in [5.74, 6) is -0.595. The van der Waals surface area contributed by atoms with Crippen LogP contribution in [0.4, 0.5) is 17.6 Å². The Hall–Kier alpha value is -1.89. The van der Waals surface area contributed by atoms with Crippen molar-refractivity contribution in [3.63, 3.8) is 0 Å². The molecule has 1 aliphatic rings. The van der Waals surface area contributed by atoms with E-state index in [4.69, 9.17) is 0 Å². The van der Waals surface area contributed by atoms with E-state index in [1.54, 1.807) is 6.07 Å². The lowest BCUT2D eigenvalue weighted by molar-refractivity contribution is -0.141. The van der Waals surface area contributed by atoms with Crippen molar-refractivity contribution >= 4 is 0 Å². The lowest BCUT2D eigenvalue weighted by Gasteiger charge is -2.07. The minimum atomic E-state index is -4.53. The highest BCUT2D eigenvalue weighted by Gasteiger charge is 2.33. The molecule has 0 aliphatic heterocycles. The normalized spacial score (nSPS) is 15.4. The molecule has 0 spiro atoms. The number of hydrogen-bond donors (Lipinski definition) is 1. The summed E-state index contributed by atoms with van der Waals surface area (Å²) < 4.78 is 52.4. The van der Waals surface area contributed by atoms with Gasteiger partial charge >= 0.3 is 6.18 Å². The van der Waals surface area contributed by atoms with Gasteiger partial charge in [-0.25, -0.2) is 9.07 Å². The van der Waals surface area contributed by atoms with Crippen LogP contribution in [0.5, 0.6) is 0 Å². The number of hydrogen-bond acceptors (Lipinski definition) is 2. The molecule has 2 aromatic rings. The third-order valence-electron chi connectivity index (χ3n) is 3.31. The minimum Gasteiger partial charge on any atom is -0.310 e. The lowest BCUT2D eigenvalue weighted by Crippen LogP contribution is -2.15. The number of benzene rings is 1. The smallest absolute Gasteiger partial charge is 0.310 e. The van der Waals surface area contributed by atoms with Gasteiger partial charge in [-0.1, -0.05) is 6.07 Å². The molecule has 0 unspecified atom stereocenters. The van der Waals surface area contributed by atoms with E-state index in [1.807, 2.05) is 0 Å². The summed E-state index contributed by atoms with van der Waals surface area (Å²) in [6.45, 7) is 0.550. The van der Waals surface area contributed by atoms with Gasteiger partial charge in [0, 0.05) is 18.8 Å². The predicted octanol–water partition coefficient (Wildman–Crippen LogP) is 3.28. The standard InChI is InChI=1S/C14H13F4N3/c15-11-7-9(8-19-10-2-3-10)1-4-12(11)21-6-5-13(20-21)14(16,17)18/h1,4-7,10,19H,2-3,8H2. The van der Waals surface area contributed by atoms with Crippen LogP contribution in [-0.4, -0.2) is 15.8 Å². The molecule has 1 heterocycles. The van der Waals surface area contributed by atoms with Crippen molar-refractivity contribution in [3.05, 3.63) is 47.5 Å². The van der Waals surface area contributed by atoms with Crippen molar-refractivity contribution in [3.8, 4) is 5.69 Å². The van der Waals surface area contributed by atoms with Crippen molar-refractivity contribution in [2.75, 3.05) is 0 Å². The fourth-order valence-corrected chi connectivity index (χ4v) is 2.01. The molecule has 3 nitrogen and oxygen atoms in total. The molecule has 1 aromatic heterocycles. The Morgan fingerprint density at radius 1 is 1.24 bits per heavy atom. The monoisotopic (exact) mass is 299 g/mol. The summed E-state index contributed by atoms with van der Waals surface area (Å²) in [5, 5.41) is 6.61. The molecule has 1 N–H and O–H groups in total. The fraction of sp³-hybridized carbons (Fsp3) is 0.357. The molecule has 0 radical (unpaired) electrons. The number of alkyl halides is 3. The van der Waals surface area contributed by atoms with E-state index >= 15 is 0 Å². The highest BCUT2D eigenvalue weighted by atomic mass is 19.4. The van der Waals surface area contributed by atoms with Crippen LogP contribution in [0.15, 0.2) is 30.5 Å². The van der Waals surface area contributed by atoms with Gasteiger partial charge in [-0.15, -0.1) is 0 Å². The highest BCUT2D eigenvalue weighted by Crippen LogP contribution is 2.28. The molecular weight excluding hydrogens is 286 g/mol. The molecule has 0 atom stereocenters. The van der Waals surface area contributed by atoms with Gasteiger partial charge in [0.1, 0.15) is 11.5 Å². The van der Waals surface area contributed by atoms with Crippen LogP contribution in [0.2, 0.25) is 0 Å². The maximum Gasteiger partial charge on any atom is 0.435 e. The van der Waals surface area contributed by atoms with Crippen LogP contribution >= 0.6 is 0 Å². The van der Waals surface area contributed by atoms with Gasteiger partial charge in [0.25, 0.3) is 0 Å². The van der Waals surface area contributed by atoms with E-state index in [9.17, 15) is 17.6 Å². The number of halogens is 4. The molecule has 0 bridgehead atoms. The van der Waals surface area contributed by atoms with Gasteiger partial charge in [-0.2, -0.15) is 18.3 Å². The molecule has 7 heteroatoms. The Balaban J connectivity index is 1.79. The van der Waals surface area contributed by atoms with Crippen molar-refractivity contribution in [2.45, 2.75) is 31.6 Å². The first kappa shape index (κ1) is 14.1. The summed E-state index contributed by atoms with van der Waals surface area (Å²) in [4.78, 5) is 0. The number of nitrogens with zero attached hydrogens (tertiary/aromatic N) is 2. The summed E-state index contributed by atoms with van der Waals surface area (Å²) in [6, 6.07) is 5.77. The highest BCUT2D eigenvalue weighted by molar-refractivity contribution is 5.36. The Morgan fingerprint density at radius 3 is 2.57 bits per heavy atom. The summed E-state index contributed by atoms with van der Waals surface area (Å²) in [5.41, 5.74) is -0.284. The molecule has 0 amide bonds. The second kappa shape index (κ2) is 5.14. The third kappa shape index (κ3) is 3.24. The van der Waals surface area contributed by atoms with Crippen LogP contribution in [0.25, 0.3) is 5.69 Å². The summed E-state index contributed by atoms with van der Waals surface area (Å²) in [6.07, 6.45) is -1.17. The second-order valence-corrected chi connectivity index (χ2v) is 5.08. The largest absolute Gasteiger partial charge is 0.435 e. The molecule has 0 saturated heterocycles. The van der Waals surface area contributed by atoms with Crippen molar-refractivity contribution in [1.82, 2.24) is 15.1 Å². The van der Waals surface area contributed by atoms with Gasteiger partial charge in [0.2, 0.25) is 0 Å². The van der Waals surface area contributed by atoms with Crippen molar-refractivity contribution in [2.24, 2.45) is 0 Å². The Kier molecular flexibility index (Phi) is 3.44. The zero-order valence-corrected chi connectivity index (χ0v) is 11.0. The molecule has 1 aromatic carbocycles. The maximum absolute atomic E-state index is 14.0. The number of rotatable bonds is 4. The molecule has 3 rings (SSSR count). The van der Waals surface area contributed by atoms with Crippen molar-refractivity contribution < 1.29 is 17.6 Å². The van der Waals surface area contributed by atoms with Gasteiger partial charge in [-0.05, 0) is 36.6 Å². The van der Waals surface area contributed by atoms with Crippen LogP contribution in [0, 0.1) is 5.82 Å². The van der Waals surface area contributed by atoms with Gasteiger partial charge < -0.3 is 5.32 Å². The molecule has 1 saturated carbocycles. The average molecular weight is 299 g/mol. The zero-order valence-electron chi connectivity index (χ0n) is 11.0. The van der Waals surface area contributed by atoms with Crippen LogP contribution < -0.4 is 5.32 Å². The quantitative estimate of drug-likeness (QED) is 0.878. The molecule has 1 fully saturated rings. The first-order chi connectivity index (χ1) is 9.93. The Labute approximate surface area is 118 Å². The zero-order chi connectivity index (χ0) is 15.0. The SMILES string of the molecule is Fc1cc(CNC2CC2)ccc1-n1ccc(C(F)(F)F)n1. The molecule has 1 aliphatic carbocycles. The summed E-state index contributed by atoms with van der Waals surface area (Å²) in [7, 11) is 0. The Bertz CT molecular complexity index is 644. The maximum atomic E-state index is 14.0. The third-order valence-corrected chi connectivity index (χ3v) is 3.31. The summed E-state index contributed by atoms with van der Waals surface area (Å²) >= 11 is 0. The van der Waals surface area contributed by atoms with E-state index in [-0.39, 0.29) is 5.69 Å². The number of aromatic nitrogens is 2. The molecular formula is C14H13F4N3. The molecule has 112 valence electrons. The first-order valence-corrected chi connectivity index (χ1v) is 6.58. The van der Waals surface area contributed by atoms with Crippen LogP contribution in [0.3, 0.4) is 0 Å². The minimum absolute atomic E-state index is 0.000622. The van der Waals surface area contributed by atoms with E-state index < -0.39 is 17.7 Å². The topological polar surface area (TPSA) is 29.9 Å². The fourth-order valence-electron chi connectivity index (χ4n) is 2.01. The van der Waals surface area contributed by atoms with E-state index in [0.29, 0.717) is 12.6 Å². The first-order valence-electron chi connectivity index (χ1n) is 6.58. The van der Waals surface area contributed by atoms with Crippen LogP contribution in [-0.2, 0) is 12.7 Å². The van der Waals surface area contributed by atoms with Gasteiger partial charge in [-0.3, -0.25) is 0 Å². The Morgan fingerprint density at radius 2 is 2.00 bits per heavy atom. The second-order valence-electron chi connectivity index (χ2n) is 5.08. The van der Waals surface area contributed by atoms with Gasteiger partial charge in [0.05, 0.1) is 0 Å². The average Bonchev–Trinajstić information content (AvgIpc) is 3.10. The number of nitrogens with one attached hydrogen (secondary N) is 1. The van der Waals surface area contributed by atoms with Crippen LogP contribution in [0.1, 0.15) is 24.1 Å². The van der Waals surface area contributed by atoms with Gasteiger partial charge in [0.15, 0.2) is 5.69 Å². The van der Waals surface area contributed by atoms with E-state index in [2.05, 4.69) is 10.4 Å². The van der Waals surface area contributed by atoms with Crippen molar-refractivity contribution in [1.29, 1.82) is 0 Å². The predicted molar refractivity (Wildman–Crippen MR) is 68.4 cm³/mol. The molecule has 21 heavy (non-hydrogen) atoms. The van der Waals surface area contributed by atoms with E-state index in [0.717, 1.165) is 35.4 Å². The van der Waals surface area contributed by atoms with E-state index in [1.165, 1.54) is 12.1 Å².